The molecule has 18 nitrogen and oxygen atoms in total. The van der Waals surface area contributed by atoms with Gasteiger partial charge in [-0.15, -0.1) is 23.1 Å². The van der Waals surface area contributed by atoms with E-state index in [0.29, 0.717) is 38.6 Å². The molecule has 5 heterocycles. The predicted molar refractivity (Wildman–Crippen MR) is 287 cm³/mol. The fraction of sp³-hybridized carbons (Fsp3) is 0.278. The van der Waals surface area contributed by atoms with Crippen LogP contribution in [0.15, 0.2) is 155 Å². The van der Waals surface area contributed by atoms with Crippen molar-refractivity contribution >= 4 is 80.9 Å². The number of nitrogens with two attached hydrogens (primary N) is 1. The Morgan fingerprint density at radius 1 is 0.895 bits per heavy atom. The highest BCUT2D eigenvalue weighted by Gasteiger charge is 2.55. The highest BCUT2D eigenvalue weighted by atomic mass is 35.5. The van der Waals surface area contributed by atoms with Crippen LogP contribution in [0.25, 0.3) is 5.65 Å². The number of aromatic nitrogens is 5. The summed E-state index contributed by atoms with van der Waals surface area (Å²) in [4.78, 5) is 73.7. The Kier molecular flexibility index (Phi) is 16.4. The van der Waals surface area contributed by atoms with E-state index in [1.54, 1.807) is 79.0 Å². The molecule has 7 aromatic rings. The van der Waals surface area contributed by atoms with Gasteiger partial charge in [0, 0.05) is 22.0 Å². The Labute approximate surface area is 457 Å². The van der Waals surface area contributed by atoms with Crippen molar-refractivity contribution < 1.29 is 55.2 Å². The minimum absolute atomic E-state index is 0. The number of oxime groups is 1. The molecule has 2 aliphatic rings. The Morgan fingerprint density at radius 3 is 2.11 bits per heavy atom. The molecule has 394 valence electrons. The fourth-order valence-corrected chi connectivity index (χ4v) is 11.6. The molecule has 2 amide bonds. The summed E-state index contributed by atoms with van der Waals surface area (Å²) in [5.74, 6) is -1.37. The molecule has 2 unspecified atom stereocenters. The van der Waals surface area contributed by atoms with Crippen molar-refractivity contribution in [2.75, 3.05) is 29.7 Å². The lowest BCUT2D eigenvalue weighted by Crippen LogP contribution is -3.00. The molecule has 2 atom stereocenters. The second-order valence-electron chi connectivity index (χ2n) is 19.1. The number of carbonyl (C=O) groups is 4. The van der Waals surface area contributed by atoms with Crippen molar-refractivity contribution in [1.82, 2.24) is 29.8 Å². The van der Waals surface area contributed by atoms with Gasteiger partial charge in [0.1, 0.15) is 52.1 Å². The molecule has 4 N–H and O–H groups in total. The Hall–Kier alpha value is -7.46. The monoisotopic (exact) mass is 1100 g/mol. The topological polar surface area (TPSA) is 218 Å². The summed E-state index contributed by atoms with van der Waals surface area (Å²) in [5, 5.41) is 17.2. The Bertz CT molecular complexity index is 3220. The van der Waals surface area contributed by atoms with E-state index in [9.17, 15) is 19.2 Å². The normalized spacial score (nSPS) is 15.8. The zero-order chi connectivity index (χ0) is 53.1. The number of anilines is 2. The average molecular weight is 1100 g/mol. The summed E-state index contributed by atoms with van der Waals surface area (Å²) in [7, 11) is 3.40. The van der Waals surface area contributed by atoms with Gasteiger partial charge in [0.05, 0.1) is 20.2 Å². The zero-order valence-corrected chi connectivity index (χ0v) is 45.8. The van der Waals surface area contributed by atoms with Crippen LogP contribution in [-0.2, 0) is 52.7 Å². The van der Waals surface area contributed by atoms with Gasteiger partial charge in [0.2, 0.25) is 5.60 Å². The smallest absolute Gasteiger partial charge is 0.355 e. The van der Waals surface area contributed by atoms with Gasteiger partial charge in [0.15, 0.2) is 10.8 Å². The second kappa shape index (κ2) is 22.8. The van der Waals surface area contributed by atoms with Gasteiger partial charge >= 0.3 is 11.9 Å². The van der Waals surface area contributed by atoms with E-state index in [0.717, 1.165) is 16.7 Å². The molecule has 0 aliphatic carbocycles. The van der Waals surface area contributed by atoms with Gasteiger partial charge in [-0.2, -0.15) is 4.98 Å². The predicted octanol–water partition coefficient (Wildman–Crippen LogP) is 4.04. The maximum Gasteiger partial charge on any atom is 0.355 e. The van der Waals surface area contributed by atoms with Crippen LogP contribution in [0.5, 0.6) is 5.75 Å². The number of nitrogens with one attached hydrogen (secondary N) is 2. The number of carbonyl (C=O) groups excluding carboxylic acids is 4. The van der Waals surface area contributed by atoms with Gasteiger partial charge in [-0.1, -0.05) is 120 Å². The highest BCUT2D eigenvalue weighted by molar-refractivity contribution is 8.01. The molecular weight excluding hydrogens is 1050 g/mol. The first-order valence-corrected chi connectivity index (χ1v) is 26.7. The molecule has 3 aromatic heterocycles. The standard InChI is InChI=1S/C54H54N10O8S3.ClH/c1-52(2,3)71-49(68)53(4,5)72-61-42(39-31-74-50(57-39)60-54(35-17-11-8-12-18-35,36-19-13-9-14-20-36)37-21-15-10-16-22-37)45(65)59-43-46(66)63-44(48(67)70-28-33-23-25-38(69-7)26-24-33)34(29-73-47(43)63)30-75-51-58-40(55)27-41-62(6)32-56-64(41)51;/h8-27,31-32,43,47,55H,28-30H2,1-7H3,(H2,57,59,60,65);1H/b61-42-;. The first kappa shape index (κ1) is 54.8. The van der Waals surface area contributed by atoms with Gasteiger partial charge in [-0.05, 0) is 79.1 Å². The van der Waals surface area contributed by atoms with Crippen LogP contribution >= 0.6 is 34.9 Å². The summed E-state index contributed by atoms with van der Waals surface area (Å²) in [6.45, 7) is 8.06. The number of rotatable bonds is 18. The van der Waals surface area contributed by atoms with Crippen molar-refractivity contribution in [2.24, 2.45) is 12.2 Å². The molecule has 1 fully saturated rings. The molecule has 4 aromatic carbocycles. The summed E-state index contributed by atoms with van der Waals surface area (Å²) < 4.78 is 20.3. The number of benzene rings is 4. The number of amides is 2. The van der Waals surface area contributed by atoms with Crippen molar-refractivity contribution in [3.8, 4) is 5.75 Å². The van der Waals surface area contributed by atoms with E-state index in [4.69, 9.17) is 29.8 Å². The molecule has 0 saturated carbocycles. The van der Waals surface area contributed by atoms with Crippen molar-refractivity contribution in [3.05, 3.63) is 172 Å². The summed E-state index contributed by atoms with van der Waals surface area (Å²) in [5.41, 5.74) is 7.37. The number of thiazole rings is 1. The molecule has 0 radical (unpaired) electrons. The quantitative estimate of drug-likeness (QED) is 0.0162. The van der Waals surface area contributed by atoms with E-state index in [2.05, 4.69) is 25.9 Å². The number of nitrogens with zero attached hydrogens (tertiary/aromatic N) is 7. The summed E-state index contributed by atoms with van der Waals surface area (Å²) in [6.07, 6.45) is 1.64. The van der Waals surface area contributed by atoms with Gasteiger partial charge < -0.3 is 47.8 Å². The van der Waals surface area contributed by atoms with Crippen LogP contribution in [0, 0.1) is 0 Å². The molecule has 9 rings (SSSR count). The number of hydrogen-bond donors (Lipinski definition) is 3. The Balaban J connectivity index is 0.00000765. The zero-order valence-electron chi connectivity index (χ0n) is 42.6. The number of ether oxygens (including phenoxy) is 3. The van der Waals surface area contributed by atoms with E-state index in [1.807, 2.05) is 98.0 Å². The average Bonchev–Trinajstić information content (AvgIpc) is 4.05. The number of nitrogen functional groups attached to an aromatic ring is 1. The summed E-state index contributed by atoms with van der Waals surface area (Å²) >= 11 is 3.90. The number of β-lactam (4-membered cyclic amide) rings is 1. The second-order valence-corrected chi connectivity index (χ2v) is 22.0. The lowest BCUT2D eigenvalue weighted by atomic mass is 9.77. The summed E-state index contributed by atoms with van der Waals surface area (Å²) in [6, 6.07) is 37.6. The van der Waals surface area contributed by atoms with Crippen LogP contribution in [0.3, 0.4) is 0 Å². The highest BCUT2D eigenvalue weighted by Crippen LogP contribution is 2.43. The first-order valence-electron chi connectivity index (χ1n) is 23.8. The number of hydrogen-bond acceptors (Lipinski definition) is 17. The first-order chi connectivity index (χ1) is 36.0. The van der Waals surface area contributed by atoms with E-state index in [-0.39, 0.29) is 47.7 Å². The van der Waals surface area contributed by atoms with Crippen molar-refractivity contribution in [1.29, 1.82) is 0 Å². The lowest BCUT2D eigenvalue weighted by molar-refractivity contribution is -0.646. The molecule has 22 heteroatoms. The Morgan fingerprint density at radius 2 is 1.51 bits per heavy atom. The molecule has 76 heavy (non-hydrogen) atoms. The van der Waals surface area contributed by atoms with Crippen LogP contribution in [0.2, 0.25) is 0 Å². The lowest BCUT2D eigenvalue weighted by Gasteiger charge is -2.49. The maximum atomic E-state index is 14.8. The van der Waals surface area contributed by atoms with Crippen molar-refractivity contribution in [2.45, 2.75) is 74.5 Å². The molecule has 0 bridgehead atoms. The number of halogens is 1. The van der Waals surface area contributed by atoms with Crippen molar-refractivity contribution in [3.63, 3.8) is 0 Å². The largest absolute Gasteiger partial charge is 1.00 e. The van der Waals surface area contributed by atoms with Crippen LogP contribution < -0.4 is 38.1 Å². The number of methoxy groups -OCH3 is 1. The number of thioether (sulfide) groups is 2. The molecular formula is C54H55ClN10O8S3. The third kappa shape index (κ3) is 11.5. The maximum absolute atomic E-state index is 14.8. The van der Waals surface area contributed by atoms with Crippen LogP contribution in [0.4, 0.5) is 10.9 Å². The van der Waals surface area contributed by atoms with Crippen LogP contribution in [0.1, 0.15) is 62.6 Å². The van der Waals surface area contributed by atoms with E-state index >= 15 is 0 Å². The third-order valence-corrected chi connectivity index (χ3v) is 15.3. The minimum Gasteiger partial charge on any atom is -1.00 e. The molecule has 0 spiro atoms. The van der Waals surface area contributed by atoms with E-state index in [1.165, 1.54) is 53.6 Å². The number of fused-ring (bicyclic) bond motifs is 2. The fourth-order valence-electron chi connectivity index (χ4n) is 8.39. The third-order valence-electron chi connectivity index (χ3n) is 12.2. The van der Waals surface area contributed by atoms with Crippen LogP contribution in [-0.4, -0.2) is 95.2 Å². The molecule has 1 saturated heterocycles. The van der Waals surface area contributed by atoms with Gasteiger partial charge in [-0.25, -0.2) is 19.1 Å². The number of aryl methyl sites for hydroxylation is 1. The molecule has 2 aliphatic heterocycles. The van der Waals surface area contributed by atoms with E-state index < -0.39 is 51.9 Å². The number of esters is 2. The minimum atomic E-state index is -1.66. The van der Waals surface area contributed by atoms with Gasteiger partial charge in [-0.3, -0.25) is 14.5 Å². The SMILES string of the molecule is COc1ccc(COC(=O)C2=C(CSc3nc(N)cc4n3nc[n+]4C)CSC3C(NC(=O)/C(=N\OC(C)(C)C(=O)OC(C)(C)C)c4csc(NC(c5ccccc5)(c5ccccc5)c5ccccc5)n4)C(=O)N23)cc1.[Cl-]. The van der Waals surface area contributed by atoms with Gasteiger partial charge in [0.25, 0.3) is 28.9 Å².